The van der Waals surface area contributed by atoms with E-state index in [1.54, 1.807) is 6.92 Å². The zero-order valence-electron chi connectivity index (χ0n) is 8.42. The molecule has 2 atom stereocenters. The number of carboxylic acids is 1. The summed E-state index contributed by atoms with van der Waals surface area (Å²) < 4.78 is 1.53. The normalized spacial score (nSPS) is 25.7. The van der Waals surface area contributed by atoms with E-state index < -0.39 is 12.1 Å². The zero-order chi connectivity index (χ0) is 11.0. The van der Waals surface area contributed by atoms with Gasteiger partial charge < -0.3 is 10.2 Å². The lowest BCUT2D eigenvalue weighted by Crippen LogP contribution is -2.20. The van der Waals surface area contributed by atoms with E-state index in [9.17, 15) is 9.90 Å². The highest BCUT2D eigenvalue weighted by molar-refractivity contribution is 5.86. The van der Waals surface area contributed by atoms with Gasteiger partial charge in [-0.05, 0) is 26.2 Å². The third-order valence-corrected chi connectivity index (χ3v) is 2.89. The summed E-state index contributed by atoms with van der Waals surface area (Å²) in [5.41, 5.74) is 0.475. The Hall–Kier alpha value is -1.43. The second kappa shape index (κ2) is 3.62. The Morgan fingerprint density at radius 1 is 1.53 bits per heavy atom. The van der Waals surface area contributed by atoms with Crippen LogP contribution in [-0.4, -0.2) is 37.3 Å². The van der Waals surface area contributed by atoms with Crippen molar-refractivity contribution in [2.24, 2.45) is 0 Å². The van der Waals surface area contributed by atoms with Crippen LogP contribution in [0.4, 0.5) is 0 Å². The summed E-state index contributed by atoms with van der Waals surface area (Å²) in [7, 11) is 0. The number of aromatic carboxylic acids is 1. The third-order valence-electron chi connectivity index (χ3n) is 2.89. The summed E-state index contributed by atoms with van der Waals surface area (Å²) in [6, 6.07) is -0.120. The molecule has 6 nitrogen and oxygen atoms in total. The highest BCUT2D eigenvalue weighted by atomic mass is 16.4. The van der Waals surface area contributed by atoms with Gasteiger partial charge in [-0.2, -0.15) is 0 Å². The first-order valence-corrected chi connectivity index (χ1v) is 4.94. The van der Waals surface area contributed by atoms with Gasteiger partial charge in [0.1, 0.15) is 0 Å². The Balaban J connectivity index is 2.33. The number of carboxylic acid groups (broad SMARTS) is 1. The van der Waals surface area contributed by atoms with Gasteiger partial charge in [0.05, 0.1) is 17.8 Å². The van der Waals surface area contributed by atoms with E-state index in [2.05, 4.69) is 10.3 Å². The molecule has 0 saturated heterocycles. The number of aliphatic hydroxyl groups excluding tert-OH is 1. The lowest BCUT2D eigenvalue weighted by atomic mass is 10.2. The maximum absolute atomic E-state index is 10.8. The van der Waals surface area contributed by atoms with Crippen molar-refractivity contribution in [3.05, 3.63) is 11.4 Å². The second-order valence-corrected chi connectivity index (χ2v) is 3.84. The summed E-state index contributed by atoms with van der Waals surface area (Å²) in [5.74, 6) is -1.08. The third kappa shape index (κ3) is 1.61. The fraction of sp³-hybridized carbons (Fsp3) is 0.667. The summed E-state index contributed by atoms with van der Waals surface area (Å²) in [4.78, 5) is 10.8. The van der Waals surface area contributed by atoms with Gasteiger partial charge in [-0.15, -0.1) is 5.10 Å². The Labute approximate surface area is 86.5 Å². The van der Waals surface area contributed by atoms with Crippen molar-refractivity contribution in [2.75, 3.05) is 0 Å². The number of hydrogen-bond donors (Lipinski definition) is 2. The molecule has 0 bridgehead atoms. The van der Waals surface area contributed by atoms with Crippen LogP contribution in [0.2, 0.25) is 0 Å². The lowest BCUT2D eigenvalue weighted by Gasteiger charge is -2.15. The second-order valence-electron chi connectivity index (χ2n) is 3.84. The topological polar surface area (TPSA) is 88.2 Å². The Bertz CT molecular complexity index is 388. The fourth-order valence-electron chi connectivity index (χ4n) is 2.06. The molecule has 2 rings (SSSR count). The molecule has 0 aromatic carbocycles. The van der Waals surface area contributed by atoms with Gasteiger partial charge in [-0.1, -0.05) is 5.21 Å². The molecule has 1 aliphatic carbocycles. The van der Waals surface area contributed by atoms with Crippen LogP contribution in [0.5, 0.6) is 0 Å². The van der Waals surface area contributed by atoms with Gasteiger partial charge >= 0.3 is 5.97 Å². The maximum Gasteiger partial charge on any atom is 0.358 e. The molecule has 1 aromatic rings. The highest BCUT2D eigenvalue weighted by Crippen LogP contribution is 2.30. The molecular weight excluding hydrogens is 198 g/mol. The van der Waals surface area contributed by atoms with E-state index in [-0.39, 0.29) is 11.7 Å². The van der Waals surface area contributed by atoms with E-state index in [1.165, 1.54) is 4.68 Å². The Kier molecular flexibility index (Phi) is 2.44. The van der Waals surface area contributed by atoms with Crippen LogP contribution < -0.4 is 0 Å². The van der Waals surface area contributed by atoms with E-state index in [4.69, 9.17) is 5.11 Å². The van der Waals surface area contributed by atoms with Crippen molar-refractivity contribution < 1.29 is 15.0 Å². The Morgan fingerprint density at radius 2 is 2.27 bits per heavy atom. The number of aromatic nitrogens is 3. The quantitative estimate of drug-likeness (QED) is 0.737. The molecule has 1 aliphatic rings. The molecule has 2 N–H and O–H groups in total. The fourth-order valence-corrected chi connectivity index (χ4v) is 2.06. The standard InChI is InChI=1S/C9H13N3O3/c1-5-8(9(14)15)10-11-12(5)6-3-2-4-7(6)13/h6-7,13H,2-4H2,1H3,(H,14,15). The molecule has 82 valence electrons. The van der Waals surface area contributed by atoms with Crippen LogP contribution in [0.3, 0.4) is 0 Å². The number of aliphatic hydroxyl groups is 1. The van der Waals surface area contributed by atoms with Crippen LogP contribution in [0, 0.1) is 6.92 Å². The van der Waals surface area contributed by atoms with Gasteiger partial charge in [0.2, 0.25) is 0 Å². The van der Waals surface area contributed by atoms with E-state index in [1.807, 2.05) is 0 Å². The maximum atomic E-state index is 10.8. The highest BCUT2D eigenvalue weighted by Gasteiger charge is 2.30. The largest absolute Gasteiger partial charge is 0.476 e. The minimum absolute atomic E-state index is 0.0332. The number of hydrogen-bond acceptors (Lipinski definition) is 4. The monoisotopic (exact) mass is 211 g/mol. The molecule has 15 heavy (non-hydrogen) atoms. The number of rotatable bonds is 2. The van der Waals surface area contributed by atoms with Crippen LogP contribution >= 0.6 is 0 Å². The van der Waals surface area contributed by atoms with Crippen LogP contribution in [0.25, 0.3) is 0 Å². The molecule has 0 aliphatic heterocycles. The van der Waals surface area contributed by atoms with Crippen molar-refractivity contribution >= 4 is 5.97 Å². The lowest BCUT2D eigenvalue weighted by molar-refractivity contribution is 0.0689. The van der Waals surface area contributed by atoms with E-state index in [0.29, 0.717) is 5.69 Å². The molecule has 0 radical (unpaired) electrons. The van der Waals surface area contributed by atoms with Gasteiger partial charge in [-0.25, -0.2) is 9.48 Å². The van der Waals surface area contributed by atoms with Crippen molar-refractivity contribution in [1.82, 2.24) is 15.0 Å². The first kappa shape index (κ1) is 10.1. The molecule has 1 aromatic heterocycles. The zero-order valence-corrected chi connectivity index (χ0v) is 8.42. The first-order chi connectivity index (χ1) is 7.11. The summed E-state index contributed by atoms with van der Waals surface area (Å²) in [6.45, 7) is 1.66. The predicted molar refractivity (Wildman–Crippen MR) is 50.6 cm³/mol. The molecule has 0 amide bonds. The van der Waals surface area contributed by atoms with Gasteiger partial charge in [0.15, 0.2) is 5.69 Å². The van der Waals surface area contributed by atoms with Gasteiger partial charge in [0.25, 0.3) is 0 Å². The number of carbonyl (C=O) groups is 1. The number of nitrogens with zero attached hydrogens (tertiary/aromatic N) is 3. The van der Waals surface area contributed by atoms with Crippen molar-refractivity contribution in [3.8, 4) is 0 Å². The van der Waals surface area contributed by atoms with E-state index >= 15 is 0 Å². The minimum atomic E-state index is -1.08. The Morgan fingerprint density at radius 3 is 2.73 bits per heavy atom. The summed E-state index contributed by atoms with van der Waals surface area (Å²) in [5, 5.41) is 25.9. The minimum Gasteiger partial charge on any atom is -0.476 e. The molecule has 1 heterocycles. The SMILES string of the molecule is Cc1c(C(=O)O)nnn1C1CCCC1O. The van der Waals surface area contributed by atoms with Crippen LogP contribution in [0.15, 0.2) is 0 Å². The van der Waals surface area contributed by atoms with Gasteiger partial charge in [0, 0.05) is 0 Å². The van der Waals surface area contributed by atoms with Crippen molar-refractivity contribution in [3.63, 3.8) is 0 Å². The molecule has 1 fully saturated rings. The van der Waals surface area contributed by atoms with Crippen LogP contribution in [-0.2, 0) is 0 Å². The smallest absolute Gasteiger partial charge is 0.358 e. The summed E-state index contributed by atoms with van der Waals surface area (Å²) in [6.07, 6.45) is 2.07. The molecule has 1 saturated carbocycles. The van der Waals surface area contributed by atoms with Crippen molar-refractivity contribution in [1.29, 1.82) is 0 Å². The molecule has 0 spiro atoms. The molecule has 2 unspecified atom stereocenters. The molecular formula is C9H13N3O3. The summed E-state index contributed by atoms with van der Waals surface area (Å²) >= 11 is 0. The first-order valence-electron chi connectivity index (χ1n) is 4.94. The molecule has 6 heteroatoms. The average molecular weight is 211 g/mol. The average Bonchev–Trinajstić information content (AvgIpc) is 2.71. The van der Waals surface area contributed by atoms with Gasteiger partial charge in [-0.3, -0.25) is 0 Å². The van der Waals surface area contributed by atoms with Crippen molar-refractivity contribution in [2.45, 2.75) is 38.3 Å². The van der Waals surface area contributed by atoms with E-state index in [0.717, 1.165) is 19.3 Å². The predicted octanol–water partition coefficient (Wildman–Crippen LogP) is 0.371. The van der Waals surface area contributed by atoms with Crippen LogP contribution in [0.1, 0.15) is 41.5 Å².